The Kier molecular flexibility index (Phi) is 50.5. The summed E-state index contributed by atoms with van der Waals surface area (Å²) in [7, 11) is 1.16. The number of allylic oxidation sites excluding steroid dienone is 16. The normalized spacial score (nSPS) is 14.0. The van der Waals surface area contributed by atoms with Crippen LogP contribution in [0.5, 0.6) is 0 Å². The highest BCUT2D eigenvalue weighted by Gasteiger charge is 2.21. The molecule has 0 bridgehead atoms. The molecule has 0 amide bonds. The molecule has 0 aromatic heterocycles. The van der Waals surface area contributed by atoms with Crippen LogP contribution in [0.1, 0.15) is 232 Å². The Labute approximate surface area is 443 Å². The Morgan fingerprint density at radius 3 is 1.18 bits per heavy atom. The number of hydrogen-bond donors (Lipinski definition) is 0. The Hall–Kier alpha value is -3.07. The van der Waals surface area contributed by atoms with Gasteiger partial charge in [0.1, 0.15) is 19.8 Å². The Balaban J connectivity index is 3.96. The van der Waals surface area contributed by atoms with Gasteiger partial charge in [-0.2, -0.15) is 0 Å². The molecule has 0 rings (SSSR count). The van der Waals surface area contributed by atoms with Gasteiger partial charge in [-0.15, -0.1) is 0 Å². The highest BCUT2D eigenvalue weighted by atomic mass is 31.2. The molecule has 0 spiro atoms. The fourth-order valence-corrected chi connectivity index (χ4v) is 8.40. The highest BCUT2D eigenvalue weighted by Crippen LogP contribution is 2.38. The van der Waals surface area contributed by atoms with E-state index in [1.54, 1.807) is 0 Å². The molecule has 2 atom stereocenters. The molecule has 0 aliphatic carbocycles. The first-order valence-corrected chi connectivity index (χ1v) is 30.4. The topological polar surface area (TPSA) is 111 Å². The third-order valence-electron chi connectivity index (χ3n) is 12.1. The summed E-state index contributed by atoms with van der Waals surface area (Å²) in [5, 5.41) is 0. The van der Waals surface area contributed by atoms with Gasteiger partial charge in [0.2, 0.25) is 0 Å². The van der Waals surface area contributed by atoms with E-state index in [2.05, 4.69) is 111 Å². The lowest BCUT2D eigenvalue weighted by Crippen LogP contribution is -2.37. The average Bonchev–Trinajstić information content (AvgIpc) is 3.34. The van der Waals surface area contributed by atoms with E-state index in [-0.39, 0.29) is 32.0 Å². The van der Waals surface area contributed by atoms with E-state index in [0.29, 0.717) is 17.4 Å². The number of hydrogen-bond acceptors (Lipinski definition) is 8. The minimum absolute atomic E-state index is 0.0325. The van der Waals surface area contributed by atoms with Crippen molar-refractivity contribution in [3.8, 4) is 0 Å². The lowest BCUT2D eigenvalue weighted by atomic mass is 10.0. The van der Waals surface area contributed by atoms with Crippen molar-refractivity contribution < 1.29 is 42.1 Å². The van der Waals surface area contributed by atoms with Gasteiger partial charge >= 0.3 is 11.9 Å². The van der Waals surface area contributed by atoms with Crippen molar-refractivity contribution in [1.82, 2.24) is 0 Å². The predicted molar refractivity (Wildman–Crippen MR) is 305 cm³/mol. The summed E-state index contributed by atoms with van der Waals surface area (Å²) in [4.78, 5) is 37.6. The van der Waals surface area contributed by atoms with Gasteiger partial charge in [-0.05, 0) is 77.0 Å². The molecule has 0 saturated heterocycles. The SMILES string of the molecule is CC/C=C\C/C=C\C/C=C\C/C=C\C/C=C\C/C=C\C/C=C\C/C=C\CCCCCCCCCCCCCCCCC(=O)OC(COC(=O)CCCCCCCCCCC)COP(=O)([O-])OCC[N+](C)(C)C. The van der Waals surface area contributed by atoms with Crippen molar-refractivity contribution in [2.24, 2.45) is 0 Å². The molecule has 0 radical (unpaired) electrons. The molecular formula is C62H108NO8P. The number of likely N-dealkylation sites (N-methyl/N-ethyl adjacent to an activating group) is 1. The molecule has 0 aliphatic rings. The number of carbonyl (C=O) groups excluding carboxylic acids is 2. The smallest absolute Gasteiger partial charge is 0.306 e. The minimum atomic E-state index is -4.63. The van der Waals surface area contributed by atoms with Gasteiger partial charge in [0.05, 0.1) is 27.7 Å². The lowest BCUT2D eigenvalue weighted by Gasteiger charge is -2.28. The number of ether oxygens (including phenoxy) is 2. The molecule has 0 saturated carbocycles. The molecule has 72 heavy (non-hydrogen) atoms. The second kappa shape index (κ2) is 52.8. The van der Waals surface area contributed by atoms with Crippen LogP contribution in [-0.2, 0) is 32.7 Å². The van der Waals surface area contributed by atoms with Crippen LogP contribution in [0.25, 0.3) is 0 Å². The maximum absolute atomic E-state index is 12.7. The molecule has 10 heteroatoms. The number of nitrogens with zero attached hydrogens (tertiary/aromatic N) is 1. The van der Waals surface area contributed by atoms with Crippen molar-refractivity contribution in [3.05, 3.63) is 97.2 Å². The van der Waals surface area contributed by atoms with Crippen molar-refractivity contribution in [1.29, 1.82) is 0 Å². The van der Waals surface area contributed by atoms with Gasteiger partial charge in [-0.3, -0.25) is 14.2 Å². The third kappa shape index (κ3) is 56.2. The summed E-state index contributed by atoms with van der Waals surface area (Å²) in [6.45, 7) is 4.09. The van der Waals surface area contributed by atoms with Gasteiger partial charge in [0, 0.05) is 12.8 Å². The zero-order valence-electron chi connectivity index (χ0n) is 46.8. The molecule has 414 valence electrons. The summed E-state index contributed by atoms with van der Waals surface area (Å²) < 4.78 is 34.0. The molecule has 0 fully saturated rings. The maximum atomic E-state index is 12.7. The van der Waals surface area contributed by atoms with E-state index in [1.807, 2.05) is 21.1 Å². The summed E-state index contributed by atoms with van der Waals surface area (Å²) in [5.41, 5.74) is 0. The number of rotatable bonds is 52. The van der Waals surface area contributed by atoms with Gasteiger partial charge in [-0.25, -0.2) is 0 Å². The van der Waals surface area contributed by atoms with Crippen LogP contribution in [-0.4, -0.2) is 70.0 Å². The van der Waals surface area contributed by atoms with Crippen LogP contribution in [0.3, 0.4) is 0 Å². The van der Waals surface area contributed by atoms with E-state index >= 15 is 0 Å². The largest absolute Gasteiger partial charge is 0.756 e. The third-order valence-corrected chi connectivity index (χ3v) is 13.1. The van der Waals surface area contributed by atoms with Crippen LogP contribution < -0.4 is 4.89 Å². The summed E-state index contributed by atoms with van der Waals surface area (Å²) in [5.74, 6) is -0.837. The fourth-order valence-electron chi connectivity index (χ4n) is 7.67. The molecule has 9 nitrogen and oxygen atoms in total. The van der Waals surface area contributed by atoms with Crippen molar-refractivity contribution >= 4 is 19.8 Å². The molecular weight excluding hydrogens is 918 g/mol. The van der Waals surface area contributed by atoms with Crippen LogP contribution in [0.2, 0.25) is 0 Å². The minimum Gasteiger partial charge on any atom is -0.756 e. The fraction of sp³-hybridized carbons (Fsp3) is 0.710. The number of quaternary nitrogens is 1. The number of phosphoric ester groups is 1. The van der Waals surface area contributed by atoms with Crippen LogP contribution in [0.15, 0.2) is 97.2 Å². The summed E-state index contributed by atoms with van der Waals surface area (Å²) in [6, 6.07) is 0. The number of esters is 2. The quantitative estimate of drug-likeness (QED) is 0.0195. The zero-order chi connectivity index (χ0) is 52.7. The zero-order valence-corrected chi connectivity index (χ0v) is 47.7. The second-order valence-electron chi connectivity index (χ2n) is 20.3. The van der Waals surface area contributed by atoms with Crippen molar-refractivity contribution in [2.75, 3.05) is 47.5 Å². The molecule has 0 N–H and O–H groups in total. The molecule has 0 aromatic rings. The average molecular weight is 1030 g/mol. The molecule has 0 heterocycles. The molecule has 0 aromatic carbocycles. The number of unbranched alkanes of at least 4 members (excludes halogenated alkanes) is 22. The van der Waals surface area contributed by atoms with Crippen LogP contribution in [0.4, 0.5) is 0 Å². The summed E-state index contributed by atoms with van der Waals surface area (Å²) >= 11 is 0. The van der Waals surface area contributed by atoms with Gasteiger partial charge in [0.15, 0.2) is 6.10 Å². The Morgan fingerprint density at radius 2 is 0.792 bits per heavy atom. The standard InChI is InChI=1S/C62H108NO8P/c1-6-8-10-12-14-16-17-18-19-20-21-22-23-24-25-26-27-28-29-30-31-32-33-34-35-36-37-38-39-40-41-42-43-44-45-47-49-51-53-55-62(65)71-60(59-70-72(66,67)69-57-56-63(3,4)5)58-68-61(64)54-52-50-48-46-15-13-11-9-7-2/h8,10,14,16,18-19,21-22,24-25,27-28,30-31,33-34,60H,6-7,9,11-13,15,17,20,23,26,29,32,35-59H2,1-5H3/b10-8-,16-14-,19-18-,22-21-,25-24-,28-27-,31-30-,34-33-. The van der Waals surface area contributed by atoms with E-state index in [1.165, 1.54) is 109 Å². The Bertz CT molecular complexity index is 1540. The van der Waals surface area contributed by atoms with Crippen LogP contribution >= 0.6 is 7.82 Å². The monoisotopic (exact) mass is 1030 g/mol. The second-order valence-corrected chi connectivity index (χ2v) is 21.7. The van der Waals surface area contributed by atoms with Gasteiger partial charge in [0.25, 0.3) is 7.82 Å². The van der Waals surface area contributed by atoms with E-state index < -0.39 is 26.5 Å². The van der Waals surface area contributed by atoms with Crippen molar-refractivity contribution in [3.63, 3.8) is 0 Å². The predicted octanol–water partition coefficient (Wildman–Crippen LogP) is 17.4. The van der Waals surface area contributed by atoms with Gasteiger partial charge < -0.3 is 27.9 Å². The van der Waals surface area contributed by atoms with Gasteiger partial charge in [-0.1, -0.05) is 239 Å². The first kappa shape index (κ1) is 68.9. The van der Waals surface area contributed by atoms with E-state index in [9.17, 15) is 19.0 Å². The first-order chi connectivity index (χ1) is 35.0. The highest BCUT2D eigenvalue weighted by molar-refractivity contribution is 7.45. The number of phosphoric acid groups is 1. The number of carbonyl (C=O) groups is 2. The first-order valence-electron chi connectivity index (χ1n) is 28.9. The molecule has 2 unspecified atom stereocenters. The Morgan fingerprint density at radius 1 is 0.444 bits per heavy atom. The van der Waals surface area contributed by atoms with E-state index in [4.69, 9.17) is 18.5 Å². The maximum Gasteiger partial charge on any atom is 0.306 e. The molecule has 0 aliphatic heterocycles. The van der Waals surface area contributed by atoms with E-state index in [0.717, 1.165) is 89.9 Å². The summed E-state index contributed by atoms with van der Waals surface area (Å²) in [6.07, 6.45) is 72.0. The van der Waals surface area contributed by atoms with Crippen molar-refractivity contribution in [2.45, 2.75) is 238 Å². The lowest BCUT2D eigenvalue weighted by molar-refractivity contribution is -0.870. The van der Waals surface area contributed by atoms with Crippen LogP contribution in [0, 0.1) is 0 Å².